The molecule has 1 fully saturated rings. The van der Waals surface area contributed by atoms with Crippen LogP contribution in [-0.2, 0) is 4.74 Å². The number of ether oxygens (including phenoxy) is 1. The van der Waals surface area contributed by atoms with Crippen LogP contribution in [0.5, 0.6) is 0 Å². The third-order valence-electron chi connectivity index (χ3n) is 4.17. The Labute approximate surface area is 127 Å². The van der Waals surface area contributed by atoms with Gasteiger partial charge in [-0.1, -0.05) is 13.8 Å². The molecule has 2 atom stereocenters. The summed E-state index contributed by atoms with van der Waals surface area (Å²) in [5.74, 6) is 1.11. The molecule has 5 heteroatoms. The third kappa shape index (κ3) is 3.78. The van der Waals surface area contributed by atoms with Crippen molar-refractivity contribution in [1.29, 1.82) is 0 Å². The molecule has 1 aromatic heterocycles. The largest absolute Gasteiger partial charge is 0.368 e. The van der Waals surface area contributed by atoms with E-state index in [0.29, 0.717) is 12.5 Å². The first kappa shape index (κ1) is 16.3. The molecule has 1 aliphatic rings. The average molecular weight is 292 g/mol. The van der Waals surface area contributed by atoms with Crippen molar-refractivity contribution < 1.29 is 4.74 Å². The molecule has 0 saturated carbocycles. The lowest BCUT2D eigenvalue weighted by molar-refractivity contribution is -0.0343. The second-order valence-electron chi connectivity index (χ2n) is 5.96. The Morgan fingerprint density at radius 3 is 2.57 bits per heavy atom. The van der Waals surface area contributed by atoms with Gasteiger partial charge in [-0.2, -0.15) is 0 Å². The second-order valence-corrected chi connectivity index (χ2v) is 5.96. The minimum absolute atomic E-state index is 0.00932. The zero-order valence-electron chi connectivity index (χ0n) is 13.7. The van der Waals surface area contributed by atoms with Crippen molar-refractivity contribution in [3.05, 3.63) is 22.8 Å². The lowest BCUT2D eigenvalue weighted by Gasteiger charge is -2.32. The SMILES string of the molecule is CCCN1CCOC(c2nc(C)c(C(C)CN)c(C)n2)C1. The van der Waals surface area contributed by atoms with Gasteiger partial charge in [0, 0.05) is 24.5 Å². The summed E-state index contributed by atoms with van der Waals surface area (Å²) in [6, 6.07) is 0. The van der Waals surface area contributed by atoms with E-state index in [1.54, 1.807) is 0 Å². The van der Waals surface area contributed by atoms with Crippen LogP contribution in [0.2, 0.25) is 0 Å². The Kier molecular flexibility index (Phi) is 5.67. The number of hydrogen-bond acceptors (Lipinski definition) is 5. The molecule has 0 aromatic carbocycles. The maximum atomic E-state index is 5.89. The maximum absolute atomic E-state index is 5.89. The van der Waals surface area contributed by atoms with Gasteiger partial charge in [-0.15, -0.1) is 0 Å². The van der Waals surface area contributed by atoms with Crippen LogP contribution in [0, 0.1) is 13.8 Å². The highest BCUT2D eigenvalue weighted by Gasteiger charge is 2.25. The molecule has 2 rings (SSSR count). The van der Waals surface area contributed by atoms with Crippen molar-refractivity contribution in [3.8, 4) is 0 Å². The van der Waals surface area contributed by atoms with Crippen LogP contribution in [-0.4, -0.2) is 47.7 Å². The van der Waals surface area contributed by atoms with E-state index in [1.165, 1.54) is 12.0 Å². The molecule has 1 aliphatic heterocycles. The van der Waals surface area contributed by atoms with Crippen LogP contribution in [0.15, 0.2) is 0 Å². The highest BCUT2D eigenvalue weighted by molar-refractivity contribution is 5.28. The summed E-state index contributed by atoms with van der Waals surface area (Å²) in [5.41, 5.74) is 9.04. The van der Waals surface area contributed by atoms with Crippen LogP contribution in [0.1, 0.15) is 55.1 Å². The number of nitrogens with zero attached hydrogens (tertiary/aromatic N) is 3. The molecule has 1 saturated heterocycles. The highest BCUT2D eigenvalue weighted by atomic mass is 16.5. The normalized spacial score (nSPS) is 21.5. The summed E-state index contributed by atoms with van der Waals surface area (Å²) in [6.45, 7) is 12.8. The summed E-state index contributed by atoms with van der Waals surface area (Å²) in [7, 11) is 0. The van der Waals surface area contributed by atoms with Gasteiger partial charge in [-0.25, -0.2) is 9.97 Å². The Balaban J connectivity index is 2.21. The molecule has 21 heavy (non-hydrogen) atoms. The van der Waals surface area contributed by atoms with Crippen molar-refractivity contribution in [2.24, 2.45) is 5.73 Å². The Hall–Kier alpha value is -1.04. The van der Waals surface area contributed by atoms with E-state index in [4.69, 9.17) is 20.4 Å². The zero-order valence-corrected chi connectivity index (χ0v) is 13.7. The molecule has 1 aromatic rings. The number of aromatic nitrogens is 2. The van der Waals surface area contributed by atoms with Crippen LogP contribution < -0.4 is 5.73 Å². The number of nitrogens with two attached hydrogens (primary N) is 1. The minimum atomic E-state index is -0.00932. The van der Waals surface area contributed by atoms with Crippen LogP contribution in [0.3, 0.4) is 0 Å². The fourth-order valence-corrected chi connectivity index (χ4v) is 3.10. The molecule has 0 bridgehead atoms. The average Bonchev–Trinajstić information content (AvgIpc) is 2.47. The quantitative estimate of drug-likeness (QED) is 0.898. The topological polar surface area (TPSA) is 64.3 Å². The predicted molar refractivity (Wildman–Crippen MR) is 84.4 cm³/mol. The highest BCUT2D eigenvalue weighted by Crippen LogP contribution is 2.25. The molecule has 0 radical (unpaired) electrons. The van der Waals surface area contributed by atoms with Gasteiger partial charge in [0.1, 0.15) is 6.10 Å². The Bertz CT molecular complexity index is 452. The molecule has 0 amide bonds. The fourth-order valence-electron chi connectivity index (χ4n) is 3.10. The molecular weight excluding hydrogens is 264 g/mol. The molecular formula is C16H28N4O. The van der Waals surface area contributed by atoms with Crippen molar-refractivity contribution in [2.45, 2.75) is 46.1 Å². The predicted octanol–water partition coefficient (Wildman–Crippen LogP) is 1.94. The van der Waals surface area contributed by atoms with Crippen LogP contribution >= 0.6 is 0 Å². The lowest BCUT2D eigenvalue weighted by atomic mass is 9.98. The number of morpholine rings is 1. The molecule has 2 heterocycles. The number of hydrogen-bond donors (Lipinski definition) is 1. The van der Waals surface area contributed by atoms with E-state index in [2.05, 4.69) is 18.7 Å². The van der Waals surface area contributed by atoms with E-state index < -0.39 is 0 Å². The number of rotatable bonds is 5. The van der Waals surface area contributed by atoms with Gasteiger partial charge in [-0.05, 0) is 44.8 Å². The van der Waals surface area contributed by atoms with Crippen molar-refractivity contribution >= 4 is 0 Å². The monoisotopic (exact) mass is 292 g/mol. The first-order valence-electron chi connectivity index (χ1n) is 7.95. The Morgan fingerprint density at radius 2 is 2.00 bits per heavy atom. The Morgan fingerprint density at radius 1 is 1.33 bits per heavy atom. The van der Waals surface area contributed by atoms with Gasteiger partial charge < -0.3 is 10.5 Å². The van der Waals surface area contributed by atoms with Crippen molar-refractivity contribution in [3.63, 3.8) is 0 Å². The smallest absolute Gasteiger partial charge is 0.158 e. The second kappa shape index (κ2) is 7.29. The zero-order chi connectivity index (χ0) is 15.4. The molecule has 118 valence electrons. The summed E-state index contributed by atoms with van der Waals surface area (Å²) in [5, 5.41) is 0. The fraction of sp³-hybridized carbons (Fsp3) is 0.750. The van der Waals surface area contributed by atoms with Crippen molar-refractivity contribution in [1.82, 2.24) is 14.9 Å². The van der Waals surface area contributed by atoms with Crippen molar-refractivity contribution in [2.75, 3.05) is 32.8 Å². The first-order chi connectivity index (χ1) is 10.1. The molecule has 2 unspecified atom stereocenters. The molecule has 0 spiro atoms. The standard InChI is InChI=1S/C16H28N4O/c1-5-6-20-7-8-21-14(10-20)16-18-12(3)15(11(2)9-17)13(4)19-16/h11,14H,5-10,17H2,1-4H3. The first-order valence-corrected chi connectivity index (χ1v) is 7.95. The van der Waals surface area contributed by atoms with E-state index in [9.17, 15) is 0 Å². The van der Waals surface area contributed by atoms with E-state index in [0.717, 1.165) is 43.5 Å². The van der Waals surface area contributed by atoms with E-state index >= 15 is 0 Å². The van der Waals surface area contributed by atoms with E-state index in [-0.39, 0.29) is 6.10 Å². The van der Waals surface area contributed by atoms with Gasteiger partial charge >= 0.3 is 0 Å². The van der Waals surface area contributed by atoms with Gasteiger partial charge in [0.15, 0.2) is 5.82 Å². The third-order valence-corrected chi connectivity index (χ3v) is 4.17. The summed E-state index contributed by atoms with van der Waals surface area (Å²) >= 11 is 0. The van der Waals surface area contributed by atoms with Gasteiger partial charge in [0.25, 0.3) is 0 Å². The van der Waals surface area contributed by atoms with Crippen LogP contribution in [0.25, 0.3) is 0 Å². The van der Waals surface area contributed by atoms with Gasteiger partial charge in [0.05, 0.1) is 6.61 Å². The molecule has 5 nitrogen and oxygen atoms in total. The van der Waals surface area contributed by atoms with Gasteiger partial charge in [0.2, 0.25) is 0 Å². The summed E-state index contributed by atoms with van der Waals surface area (Å²) in [4.78, 5) is 11.8. The summed E-state index contributed by atoms with van der Waals surface area (Å²) < 4.78 is 5.89. The van der Waals surface area contributed by atoms with E-state index in [1.807, 2.05) is 13.8 Å². The minimum Gasteiger partial charge on any atom is -0.368 e. The lowest BCUT2D eigenvalue weighted by Crippen LogP contribution is -2.39. The molecule has 0 aliphatic carbocycles. The van der Waals surface area contributed by atoms with Crippen LogP contribution in [0.4, 0.5) is 0 Å². The summed E-state index contributed by atoms with van der Waals surface area (Å²) in [6.07, 6.45) is 1.16. The number of aryl methyl sites for hydroxylation is 2. The van der Waals surface area contributed by atoms with Gasteiger partial charge in [-0.3, -0.25) is 4.90 Å². The maximum Gasteiger partial charge on any atom is 0.158 e. The molecule has 2 N–H and O–H groups in total.